The molecule has 0 radical (unpaired) electrons. The van der Waals surface area contributed by atoms with Gasteiger partial charge in [-0.15, -0.1) is 11.3 Å². The van der Waals surface area contributed by atoms with Gasteiger partial charge < -0.3 is 4.57 Å². The van der Waals surface area contributed by atoms with Gasteiger partial charge in [0.2, 0.25) is 0 Å². The number of rotatable bonds is 5. The van der Waals surface area contributed by atoms with Crippen LogP contribution in [-0.2, 0) is 16.4 Å². The SMILES string of the molecule is CCS(=O)(=O)CCCn1ccc2sccc2c1=O. The molecule has 2 rings (SSSR count). The lowest BCUT2D eigenvalue weighted by atomic mass is 10.3. The predicted molar refractivity (Wildman–Crippen MR) is 75.0 cm³/mol. The first-order valence-electron chi connectivity index (χ1n) is 5.80. The highest BCUT2D eigenvalue weighted by atomic mass is 32.2. The molecule has 0 N–H and O–H groups in total. The van der Waals surface area contributed by atoms with E-state index in [0.717, 1.165) is 4.70 Å². The first-order chi connectivity index (χ1) is 8.53. The largest absolute Gasteiger partial charge is 0.315 e. The van der Waals surface area contributed by atoms with E-state index in [1.54, 1.807) is 17.7 Å². The number of hydrogen-bond donors (Lipinski definition) is 0. The van der Waals surface area contributed by atoms with Crippen molar-refractivity contribution in [2.24, 2.45) is 0 Å². The number of pyridine rings is 1. The topological polar surface area (TPSA) is 56.1 Å². The van der Waals surface area contributed by atoms with Crippen molar-refractivity contribution in [3.05, 3.63) is 34.1 Å². The number of nitrogens with zero attached hydrogens (tertiary/aromatic N) is 1. The summed E-state index contributed by atoms with van der Waals surface area (Å²) in [5.41, 5.74) is -0.0392. The Balaban J connectivity index is 2.13. The maximum atomic E-state index is 12.0. The average Bonchev–Trinajstić information content (AvgIpc) is 2.81. The standard InChI is InChI=1S/C12H15NO3S2/c1-2-18(15,16)9-3-6-13-7-4-11-10(12(13)14)5-8-17-11/h4-5,7-8H,2-3,6,9H2,1H3. The van der Waals surface area contributed by atoms with Crippen LogP contribution < -0.4 is 5.56 Å². The number of sulfone groups is 1. The van der Waals surface area contributed by atoms with Crippen molar-refractivity contribution >= 4 is 31.3 Å². The van der Waals surface area contributed by atoms with Crippen LogP contribution in [0, 0.1) is 0 Å². The van der Waals surface area contributed by atoms with Crippen molar-refractivity contribution in [2.75, 3.05) is 11.5 Å². The molecule has 0 aliphatic heterocycles. The summed E-state index contributed by atoms with van der Waals surface area (Å²) in [6.07, 6.45) is 2.21. The van der Waals surface area contributed by atoms with Gasteiger partial charge in [-0.25, -0.2) is 8.42 Å². The molecule has 4 nitrogen and oxygen atoms in total. The second-order valence-electron chi connectivity index (χ2n) is 4.10. The highest BCUT2D eigenvalue weighted by Gasteiger charge is 2.08. The molecule has 0 aliphatic carbocycles. The van der Waals surface area contributed by atoms with Crippen LogP contribution in [0.5, 0.6) is 0 Å². The minimum absolute atomic E-state index is 0.0392. The lowest BCUT2D eigenvalue weighted by Gasteiger charge is -2.05. The molecule has 18 heavy (non-hydrogen) atoms. The zero-order chi connectivity index (χ0) is 13.2. The summed E-state index contributed by atoms with van der Waals surface area (Å²) >= 11 is 1.53. The summed E-state index contributed by atoms with van der Waals surface area (Å²) in [4.78, 5) is 12.0. The highest BCUT2D eigenvalue weighted by molar-refractivity contribution is 7.91. The maximum Gasteiger partial charge on any atom is 0.259 e. The van der Waals surface area contributed by atoms with Crippen LogP contribution >= 0.6 is 11.3 Å². The Kier molecular flexibility index (Phi) is 3.87. The van der Waals surface area contributed by atoms with E-state index in [2.05, 4.69) is 0 Å². The first-order valence-corrected chi connectivity index (χ1v) is 8.50. The first kappa shape index (κ1) is 13.3. The van der Waals surface area contributed by atoms with Crippen LogP contribution in [0.25, 0.3) is 10.1 Å². The fraction of sp³-hybridized carbons (Fsp3) is 0.417. The molecule has 0 atom stereocenters. The van der Waals surface area contributed by atoms with Crippen molar-refractivity contribution in [3.63, 3.8) is 0 Å². The molecule has 0 fully saturated rings. The Morgan fingerprint density at radius 1 is 1.33 bits per heavy atom. The summed E-state index contributed by atoms with van der Waals surface area (Å²) in [5.74, 6) is 0.295. The van der Waals surface area contributed by atoms with Gasteiger partial charge in [0.05, 0.1) is 11.1 Å². The minimum Gasteiger partial charge on any atom is -0.315 e. The van der Waals surface area contributed by atoms with E-state index in [0.29, 0.717) is 18.4 Å². The van der Waals surface area contributed by atoms with E-state index in [-0.39, 0.29) is 17.1 Å². The Morgan fingerprint density at radius 2 is 2.11 bits per heavy atom. The van der Waals surface area contributed by atoms with Gasteiger partial charge in [-0.3, -0.25) is 4.79 Å². The zero-order valence-electron chi connectivity index (χ0n) is 10.1. The Morgan fingerprint density at radius 3 is 2.83 bits per heavy atom. The Hall–Kier alpha value is -1.14. The van der Waals surface area contributed by atoms with Crippen LogP contribution in [0.2, 0.25) is 0 Å². The molecule has 0 bridgehead atoms. The van der Waals surface area contributed by atoms with E-state index in [1.165, 1.54) is 11.3 Å². The molecular weight excluding hydrogens is 270 g/mol. The number of aromatic nitrogens is 1. The quantitative estimate of drug-likeness (QED) is 0.843. The van der Waals surface area contributed by atoms with Crippen LogP contribution in [0.15, 0.2) is 28.5 Å². The molecule has 0 aromatic carbocycles. The molecule has 0 amide bonds. The molecule has 0 saturated heterocycles. The van der Waals surface area contributed by atoms with Gasteiger partial charge >= 0.3 is 0 Å². The third kappa shape index (κ3) is 2.81. The lowest BCUT2D eigenvalue weighted by Crippen LogP contribution is -2.20. The maximum absolute atomic E-state index is 12.0. The second-order valence-corrected chi connectivity index (χ2v) is 7.52. The van der Waals surface area contributed by atoms with Gasteiger partial charge in [0.1, 0.15) is 9.84 Å². The van der Waals surface area contributed by atoms with E-state index in [4.69, 9.17) is 0 Å². The van der Waals surface area contributed by atoms with Crippen molar-refractivity contribution < 1.29 is 8.42 Å². The fourth-order valence-electron chi connectivity index (χ4n) is 1.78. The smallest absolute Gasteiger partial charge is 0.259 e. The number of hydrogen-bond acceptors (Lipinski definition) is 4. The van der Waals surface area contributed by atoms with Gasteiger partial charge in [0, 0.05) is 23.2 Å². The lowest BCUT2D eigenvalue weighted by molar-refractivity contribution is 0.585. The molecule has 0 spiro atoms. The summed E-state index contributed by atoms with van der Waals surface area (Å²) in [6, 6.07) is 3.71. The second kappa shape index (κ2) is 5.24. The van der Waals surface area contributed by atoms with E-state index < -0.39 is 9.84 Å². The summed E-state index contributed by atoms with van der Waals surface area (Å²) in [6.45, 7) is 2.09. The van der Waals surface area contributed by atoms with Gasteiger partial charge in [-0.2, -0.15) is 0 Å². The third-order valence-corrected chi connectivity index (χ3v) is 5.56. The van der Waals surface area contributed by atoms with Gasteiger partial charge in [0.15, 0.2) is 0 Å². The molecule has 98 valence electrons. The van der Waals surface area contributed by atoms with Crippen LogP contribution in [-0.4, -0.2) is 24.5 Å². The van der Waals surface area contributed by atoms with Crippen LogP contribution in [0.4, 0.5) is 0 Å². The molecule has 0 aliphatic rings. The molecule has 2 heterocycles. The summed E-state index contributed by atoms with van der Waals surface area (Å²) in [7, 11) is -2.95. The van der Waals surface area contributed by atoms with Crippen molar-refractivity contribution in [1.82, 2.24) is 4.57 Å². The Bertz CT molecular complexity index is 697. The summed E-state index contributed by atoms with van der Waals surface area (Å²) < 4.78 is 25.3. The molecule has 0 unspecified atom stereocenters. The number of aryl methyl sites for hydroxylation is 1. The van der Waals surface area contributed by atoms with Gasteiger partial charge in [-0.1, -0.05) is 6.92 Å². The normalized spacial score (nSPS) is 12.1. The number of thiophene rings is 1. The summed E-state index contributed by atoms with van der Waals surface area (Å²) in [5, 5.41) is 2.60. The predicted octanol–water partition coefficient (Wildman–Crippen LogP) is 1.89. The zero-order valence-corrected chi connectivity index (χ0v) is 11.8. The Labute approximate surface area is 110 Å². The van der Waals surface area contributed by atoms with Gasteiger partial charge in [-0.05, 0) is 23.9 Å². The highest BCUT2D eigenvalue weighted by Crippen LogP contribution is 2.16. The molecule has 2 aromatic heterocycles. The van der Waals surface area contributed by atoms with E-state index in [9.17, 15) is 13.2 Å². The average molecular weight is 285 g/mol. The molecule has 2 aromatic rings. The monoisotopic (exact) mass is 285 g/mol. The number of fused-ring (bicyclic) bond motifs is 1. The molecule has 6 heteroatoms. The van der Waals surface area contributed by atoms with Crippen molar-refractivity contribution in [2.45, 2.75) is 19.9 Å². The van der Waals surface area contributed by atoms with E-state index >= 15 is 0 Å². The van der Waals surface area contributed by atoms with Crippen LogP contribution in [0.1, 0.15) is 13.3 Å². The minimum atomic E-state index is -2.95. The van der Waals surface area contributed by atoms with E-state index in [1.807, 2.05) is 17.5 Å². The van der Waals surface area contributed by atoms with Crippen LogP contribution in [0.3, 0.4) is 0 Å². The van der Waals surface area contributed by atoms with Crippen molar-refractivity contribution in [3.8, 4) is 0 Å². The molecule has 0 saturated carbocycles. The van der Waals surface area contributed by atoms with Crippen molar-refractivity contribution in [1.29, 1.82) is 0 Å². The fourth-order valence-corrected chi connectivity index (χ4v) is 3.41. The molecular formula is C12H15NO3S2. The third-order valence-electron chi connectivity index (χ3n) is 2.89. The van der Waals surface area contributed by atoms with Gasteiger partial charge in [0.25, 0.3) is 5.56 Å².